The first-order valence-corrected chi connectivity index (χ1v) is 6.94. The highest BCUT2D eigenvalue weighted by Crippen LogP contribution is 2.32. The van der Waals surface area contributed by atoms with Crippen molar-refractivity contribution in [1.82, 2.24) is 14.9 Å². The number of hydrogen-bond acceptors (Lipinski definition) is 3. The second-order valence-electron chi connectivity index (χ2n) is 5.85. The lowest BCUT2D eigenvalue weighted by atomic mass is 9.87. The molecule has 3 heterocycles. The normalized spacial score (nSPS) is 30.6. The Morgan fingerprint density at radius 3 is 2.78 bits per heavy atom. The molecule has 1 N–H and O–H groups in total. The summed E-state index contributed by atoms with van der Waals surface area (Å²) in [5, 5.41) is 3.62. The molecule has 1 aromatic rings. The number of hydrogen-bond donors (Lipinski definition) is 1. The summed E-state index contributed by atoms with van der Waals surface area (Å²) in [4.78, 5) is 16.3. The minimum absolute atomic E-state index is 0.343. The van der Waals surface area contributed by atoms with Gasteiger partial charge in [-0.2, -0.15) is 0 Å². The number of Topliss-reactive ketones (excluding diaryl/α,β-unsaturated/α-hetero) is 1. The molecule has 2 atom stereocenters. The van der Waals surface area contributed by atoms with Gasteiger partial charge >= 0.3 is 0 Å². The molecule has 0 aliphatic carbocycles. The maximum absolute atomic E-state index is 12.1. The number of aromatic nitrogens is 2. The highest BCUT2D eigenvalue weighted by molar-refractivity contribution is 5.80. The summed E-state index contributed by atoms with van der Waals surface area (Å²) in [6, 6.07) is 1.35. The topological polar surface area (TPSA) is 46.9 Å². The van der Waals surface area contributed by atoms with E-state index in [0.717, 1.165) is 12.2 Å². The summed E-state index contributed by atoms with van der Waals surface area (Å²) in [5.74, 6) is 1.82. The van der Waals surface area contributed by atoms with Gasteiger partial charge in [0.1, 0.15) is 11.6 Å². The molecule has 0 radical (unpaired) electrons. The third-order valence-electron chi connectivity index (χ3n) is 4.36. The fraction of sp³-hybridized carbons (Fsp3) is 0.714. The van der Waals surface area contributed by atoms with E-state index in [-0.39, 0.29) is 0 Å². The van der Waals surface area contributed by atoms with Crippen LogP contribution in [-0.2, 0) is 18.3 Å². The highest BCUT2D eigenvalue weighted by Gasteiger charge is 2.34. The Bertz CT molecular complexity index is 428. The number of carbonyl (C=O) groups is 1. The van der Waals surface area contributed by atoms with E-state index in [1.165, 1.54) is 25.7 Å². The maximum atomic E-state index is 12.1. The number of carbonyl (C=O) groups excluding carboxylic acids is 1. The molecule has 2 unspecified atom stereocenters. The molecule has 0 spiro atoms. The first-order valence-electron chi connectivity index (χ1n) is 6.94. The second-order valence-corrected chi connectivity index (χ2v) is 5.85. The molecule has 0 amide bonds. The van der Waals surface area contributed by atoms with Crippen LogP contribution >= 0.6 is 0 Å². The lowest BCUT2D eigenvalue weighted by molar-refractivity contribution is -0.119. The molecule has 0 aromatic carbocycles. The van der Waals surface area contributed by atoms with Crippen molar-refractivity contribution in [3.63, 3.8) is 0 Å². The van der Waals surface area contributed by atoms with Crippen LogP contribution in [0.3, 0.4) is 0 Å². The number of piperidine rings is 1. The van der Waals surface area contributed by atoms with Crippen LogP contribution in [0.5, 0.6) is 0 Å². The van der Waals surface area contributed by atoms with Crippen LogP contribution in [0.1, 0.15) is 37.9 Å². The van der Waals surface area contributed by atoms with Crippen LogP contribution in [0.4, 0.5) is 0 Å². The van der Waals surface area contributed by atoms with Gasteiger partial charge in [0.25, 0.3) is 0 Å². The Morgan fingerprint density at radius 2 is 2.17 bits per heavy atom. The number of nitrogens with one attached hydrogen (secondary N) is 1. The number of aryl methyl sites for hydroxylation is 1. The monoisotopic (exact) mass is 247 g/mol. The van der Waals surface area contributed by atoms with Crippen LogP contribution in [-0.4, -0.2) is 27.4 Å². The average molecular weight is 247 g/mol. The first kappa shape index (κ1) is 11.9. The number of rotatable bonds is 4. The number of nitrogens with zero attached hydrogens (tertiary/aromatic N) is 2. The lowest BCUT2D eigenvalue weighted by Crippen LogP contribution is -2.38. The molecule has 2 bridgehead atoms. The molecule has 2 saturated heterocycles. The SMILES string of the molecule is Cn1ccnc1CC(=O)CC1CC2CCC(C1)N2. The van der Waals surface area contributed by atoms with Gasteiger partial charge in [-0.05, 0) is 31.6 Å². The largest absolute Gasteiger partial charge is 0.338 e. The number of ketones is 1. The van der Waals surface area contributed by atoms with Crippen molar-refractivity contribution in [3.8, 4) is 0 Å². The van der Waals surface area contributed by atoms with Gasteiger partial charge in [0.15, 0.2) is 0 Å². The summed E-state index contributed by atoms with van der Waals surface area (Å²) < 4.78 is 1.93. The smallest absolute Gasteiger partial charge is 0.140 e. The van der Waals surface area contributed by atoms with E-state index in [2.05, 4.69) is 10.3 Å². The molecular formula is C14H21N3O. The van der Waals surface area contributed by atoms with Gasteiger partial charge in [-0.1, -0.05) is 0 Å². The second kappa shape index (κ2) is 4.84. The van der Waals surface area contributed by atoms with Gasteiger partial charge in [-0.25, -0.2) is 4.98 Å². The van der Waals surface area contributed by atoms with Gasteiger partial charge in [-0.3, -0.25) is 4.79 Å². The van der Waals surface area contributed by atoms with Crippen LogP contribution in [0.25, 0.3) is 0 Å². The van der Waals surface area contributed by atoms with E-state index in [4.69, 9.17) is 0 Å². The Labute approximate surface area is 108 Å². The lowest BCUT2D eigenvalue weighted by Gasteiger charge is -2.28. The molecule has 1 aromatic heterocycles. The van der Waals surface area contributed by atoms with Crippen LogP contribution < -0.4 is 5.32 Å². The summed E-state index contributed by atoms with van der Waals surface area (Å²) in [7, 11) is 1.94. The van der Waals surface area contributed by atoms with Gasteiger partial charge in [0.2, 0.25) is 0 Å². The van der Waals surface area contributed by atoms with Crippen molar-refractivity contribution in [2.45, 2.75) is 50.6 Å². The predicted molar refractivity (Wildman–Crippen MR) is 69.2 cm³/mol. The summed E-state index contributed by atoms with van der Waals surface area (Å²) >= 11 is 0. The molecule has 4 nitrogen and oxygen atoms in total. The minimum Gasteiger partial charge on any atom is -0.338 e. The van der Waals surface area contributed by atoms with E-state index in [1.807, 2.05) is 17.8 Å². The van der Waals surface area contributed by atoms with Gasteiger partial charge in [0.05, 0.1) is 6.42 Å². The summed E-state index contributed by atoms with van der Waals surface area (Å²) in [6.45, 7) is 0. The third-order valence-corrected chi connectivity index (χ3v) is 4.36. The van der Waals surface area contributed by atoms with Crippen molar-refractivity contribution in [3.05, 3.63) is 18.2 Å². The van der Waals surface area contributed by atoms with E-state index < -0.39 is 0 Å². The number of fused-ring (bicyclic) bond motifs is 2. The molecule has 2 aliphatic rings. The van der Waals surface area contributed by atoms with Gasteiger partial charge in [-0.15, -0.1) is 0 Å². The van der Waals surface area contributed by atoms with Gasteiger partial charge < -0.3 is 9.88 Å². The fourth-order valence-electron chi connectivity index (χ4n) is 3.48. The van der Waals surface area contributed by atoms with Crippen LogP contribution in [0.15, 0.2) is 12.4 Å². The van der Waals surface area contributed by atoms with Crippen LogP contribution in [0, 0.1) is 5.92 Å². The van der Waals surface area contributed by atoms with E-state index in [0.29, 0.717) is 30.2 Å². The van der Waals surface area contributed by atoms with Gasteiger partial charge in [0, 0.05) is 37.9 Å². The summed E-state index contributed by atoms with van der Waals surface area (Å²) in [6.07, 6.45) is 9.85. The zero-order chi connectivity index (χ0) is 12.5. The standard InChI is InChI=1S/C14H21N3O/c1-17-5-4-15-14(17)9-13(18)8-10-6-11-2-3-12(7-10)16-11/h4-5,10-12,16H,2-3,6-9H2,1H3. The zero-order valence-electron chi connectivity index (χ0n) is 10.9. The van der Waals surface area contributed by atoms with Crippen molar-refractivity contribution >= 4 is 5.78 Å². The third kappa shape index (κ3) is 2.48. The molecule has 98 valence electrons. The molecule has 0 saturated carbocycles. The predicted octanol–water partition coefficient (Wildman–Crippen LogP) is 1.45. The molecule has 3 rings (SSSR count). The zero-order valence-corrected chi connectivity index (χ0v) is 10.9. The number of imidazole rings is 1. The van der Waals surface area contributed by atoms with E-state index in [9.17, 15) is 4.79 Å². The summed E-state index contributed by atoms with van der Waals surface area (Å²) in [5.41, 5.74) is 0. The molecular weight excluding hydrogens is 226 g/mol. The van der Waals surface area contributed by atoms with Crippen LogP contribution in [0.2, 0.25) is 0 Å². The average Bonchev–Trinajstić information content (AvgIpc) is 2.86. The highest BCUT2D eigenvalue weighted by atomic mass is 16.1. The first-order chi connectivity index (χ1) is 8.70. The van der Waals surface area contributed by atoms with Crippen molar-refractivity contribution in [2.75, 3.05) is 0 Å². The Kier molecular flexibility index (Phi) is 3.20. The Morgan fingerprint density at radius 1 is 1.44 bits per heavy atom. The minimum atomic E-state index is 0.343. The maximum Gasteiger partial charge on any atom is 0.140 e. The molecule has 4 heteroatoms. The van der Waals surface area contributed by atoms with Crippen molar-refractivity contribution in [1.29, 1.82) is 0 Å². The van der Waals surface area contributed by atoms with Crippen molar-refractivity contribution < 1.29 is 4.79 Å². The van der Waals surface area contributed by atoms with E-state index >= 15 is 0 Å². The van der Waals surface area contributed by atoms with Crippen molar-refractivity contribution in [2.24, 2.45) is 13.0 Å². The quantitative estimate of drug-likeness (QED) is 0.876. The molecule has 18 heavy (non-hydrogen) atoms. The Balaban J connectivity index is 1.54. The fourth-order valence-corrected chi connectivity index (χ4v) is 3.48. The van der Waals surface area contributed by atoms with E-state index in [1.54, 1.807) is 6.20 Å². The molecule has 2 fully saturated rings. The molecule has 2 aliphatic heterocycles. The Hall–Kier alpha value is -1.16.